The molecule has 2 aromatic rings. The lowest BCUT2D eigenvalue weighted by atomic mass is 10.1. The Morgan fingerprint density at radius 3 is 2.42 bits per heavy atom. The van der Waals surface area contributed by atoms with Gasteiger partial charge in [-0.2, -0.15) is 0 Å². The van der Waals surface area contributed by atoms with Crippen LogP contribution in [0.15, 0.2) is 45.8 Å². The molecule has 0 aliphatic carbocycles. The lowest BCUT2D eigenvalue weighted by Crippen LogP contribution is -1.99. The van der Waals surface area contributed by atoms with Gasteiger partial charge in [0.15, 0.2) is 0 Å². The van der Waals surface area contributed by atoms with Gasteiger partial charge in [-0.1, -0.05) is 51.3 Å². The number of benzene rings is 2. The first kappa shape index (κ1) is 14.6. The molecule has 19 heavy (non-hydrogen) atoms. The van der Waals surface area contributed by atoms with E-state index in [1.807, 2.05) is 17.8 Å². The van der Waals surface area contributed by atoms with Gasteiger partial charge < -0.3 is 5.73 Å². The fourth-order valence-corrected chi connectivity index (χ4v) is 3.88. The highest BCUT2D eigenvalue weighted by Crippen LogP contribution is 2.31. The minimum Gasteiger partial charge on any atom is -0.326 e. The molecule has 0 saturated heterocycles. The standard InChI is InChI=1S/C16H18BrNS/c1-11-6-12(2)8-13(7-11)10-19-16-5-3-4-15(17)14(16)9-18/h3-8H,9-10,18H2,1-2H3. The summed E-state index contributed by atoms with van der Waals surface area (Å²) in [5.74, 6) is 0.978. The van der Waals surface area contributed by atoms with Crippen molar-refractivity contribution in [3.8, 4) is 0 Å². The van der Waals surface area contributed by atoms with Crippen LogP contribution in [0.25, 0.3) is 0 Å². The number of thioether (sulfide) groups is 1. The highest BCUT2D eigenvalue weighted by Gasteiger charge is 2.06. The minimum absolute atomic E-state index is 0.566. The number of nitrogens with two attached hydrogens (primary N) is 1. The van der Waals surface area contributed by atoms with Crippen LogP contribution in [-0.4, -0.2) is 0 Å². The molecular formula is C16H18BrNS. The lowest BCUT2D eigenvalue weighted by Gasteiger charge is -2.10. The Labute approximate surface area is 127 Å². The second-order valence-electron chi connectivity index (χ2n) is 4.71. The van der Waals surface area contributed by atoms with Gasteiger partial charge in [-0.05, 0) is 37.1 Å². The number of hydrogen-bond acceptors (Lipinski definition) is 2. The highest BCUT2D eigenvalue weighted by atomic mass is 79.9. The van der Waals surface area contributed by atoms with Crippen molar-refractivity contribution >= 4 is 27.7 Å². The van der Waals surface area contributed by atoms with Crippen LogP contribution in [0.4, 0.5) is 0 Å². The van der Waals surface area contributed by atoms with Gasteiger partial charge in [-0.3, -0.25) is 0 Å². The molecule has 0 fully saturated rings. The van der Waals surface area contributed by atoms with E-state index in [0.717, 1.165) is 10.2 Å². The first-order valence-corrected chi connectivity index (χ1v) is 8.05. The average molecular weight is 336 g/mol. The summed E-state index contributed by atoms with van der Waals surface area (Å²) in [7, 11) is 0. The Morgan fingerprint density at radius 2 is 1.79 bits per heavy atom. The van der Waals surface area contributed by atoms with Crippen LogP contribution >= 0.6 is 27.7 Å². The third-order valence-corrected chi connectivity index (χ3v) is 4.87. The monoisotopic (exact) mass is 335 g/mol. The maximum absolute atomic E-state index is 5.83. The Bertz CT molecular complexity index is 561. The Kier molecular flexibility index (Phi) is 5.08. The van der Waals surface area contributed by atoms with Crippen LogP contribution in [0.1, 0.15) is 22.3 Å². The second kappa shape index (κ2) is 6.60. The third-order valence-electron chi connectivity index (χ3n) is 2.96. The highest BCUT2D eigenvalue weighted by molar-refractivity contribution is 9.10. The molecule has 0 atom stereocenters. The van der Waals surface area contributed by atoms with Crippen molar-refractivity contribution in [2.45, 2.75) is 31.0 Å². The van der Waals surface area contributed by atoms with Gasteiger partial charge in [0.1, 0.15) is 0 Å². The van der Waals surface area contributed by atoms with E-state index in [2.05, 4.69) is 60.1 Å². The van der Waals surface area contributed by atoms with Gasteiger partial charge in [0, 0.05) is 21.7 Å². The summed E-state index contributed by atoms with van der Waals surface area (Å²) < 4.78 is 1.10. The maximum atomic E-state index is 5.83. The summed E-state index contributed by atoms with van der Waals surface area (Å²) in [4.78, 5) is 1.26. The van der Waals surface area contributed by atoms with E-state index in [1.54, 1.807) is 0 Å². The Hall–Kier alpha value is -0.770. The zero-order chi connectivity index (χ0) is 13.8. The van der Waals surface area contributed by atoms with Gasteiger partial charge in [-0.15, -0.1) is 11.8 Å². The third kappa shape index (κ3) is 3.85. The van der Waals surface area contributed by atoms with Crippen molar-refractivity contribution in [1.82, 2.24) is 0 Å². The summed E-state index contributed by atoms with van der Waals surface area (Å²) >= 11 is 5.41. The fourth-order valence-electron chi connectivity index (χ4n) is 2.19. The van der Waals surface area contributed by atoms with Crippen molar-refractivity contribution < 1.29 is 0 Å². The lowest BCUT2D eigenvalue weighted by molar-refractivity contribution is 1.02. The normalized spacial score (nSPS) is 10.7. The largest absolute Gasteiger partial charge is 0.326 e. The van der Waals surface area contributed by atoms with Gasteiger partial charge >= 0.3 is 0 Å². The van der Waals surface area contributed by atoms with Gasteiger partial charge in [0.05, 0.1) is 0 Å². The van der Waals surface area contributed by atoms with E-state index in [4.69, 9.17) is 5.73 Å². The van der Waals surface area contributed by atoms with Crippen molar-refractivity contribution in [3.63, 3.8) is 0 Å². The molecule has 2 N–H and O–H groups in total. The Morgan fingerprint density at radius 1 is 1.11 bits per heavy atom. The molecule has 0 aliphatic heterocycles. The van der Waals surface area contributed by atoms with E-state index in [1.165, 1.54) is 27.1 Å². The summed E-state index contributed by atoms with van der Waals surface area (Å²) in [6, 6.07) is 13.0. The average Bonchev–Trinajstić information content (AvgIpc) is 2.35. The van der Waals surface area contributed by atoms with Crippen LogP contribution in [0.2, 0.25) is 0 Å². The SMILES string of the molecule is Cc1cc(C)cc(CSc2cccc(Br)c2CN)c1. The summed E-state index contributed by atoms with van der Waals surface area (Å²) in [6.45, 7) is 4.85. The van der Waals surface area contributed by atoms with Crippen LogP contribution in [0, 0.1) is 13.8 Å². The van der Waals surface area contributed by atoms with Crippen molar-refractivity contribution in [3.05, 3.63) is 63.1 Å². The first-order valence-electron chi connectivity index (χ1n) is 6.27. The molecular weight excluding hydrogens is 318 g/mol. The molecule has 0 amide bonds. The van der Waals surface area contributed by atoms with E-state index in [9.17, 15) is 0 Å². The van der Waals surface area contributed by atoms with E-state index in [0.29, 0.717) is 6.54 Å². The zero-order valence-corrected chi connectivity index (χ0v) is 13.6. The summed E-state index contributed by atoms with van der Waals surface area (Å²) in [5, 5.41) is 0. The predicted octanol–water partition coefficient (Wildman–Crippen LogP) is 4.82. The molecule has 0 bridgehead atoms. The molecule has 1 nitrogen and oxygen atoms in total. The number of halogens is 1. The molecule has 0 saturated carbocycles. The topological polar surface area (TPSA) is 26.0 Å². The van der Waals surface area contributed by atoms with E-state index in [-0.39, 0.29) is 0 Å². The van der Waals surface area contributed by atoms with Crippen LogP contribution < -0.4 is 5.73 Å². The molecule has 0 aromatic heterocycles. The van der Waals surface area contributed by atoms with E-state index < -0.39 is 0 Å². The summed E-state index contributed by atoms with van der Waals surface area (Å²) in [5.41, 5.74) is 11.0. The molecule has 0 unspecified atom stereocenters. The molecule has 3 heteroatoms. The van der Waals surface area contributed by atoms with Gasteiger partial charge in [0.2, 0.25) is 0 Å². The summed E-state index contributed by atoms with van der Waals surface area (Å²) in [6.07, 6.45) is 0. The molecule has 2 rings (SSSR count). The van der Waals surface area contributed by atoms with Crippen LogP contribution in [0.3, 0.4) is 0 Å². The minimum atomic E-state index is 0.566. The maximum Gasteiger partial charge on any atom is 0.0232 e. The molecule has 0 aliphatic rings. The van der Waals surface area contributed by atoms with Crippen LogP contribution in [0.5, 0.6) is 0 Å². The smallest absolute Gasteiger partial charge is 0.0232 e. The van der Waals surface area contributed by atoms with Gasteiger partial charge in [0.25, 0.3) is 0 Å². The quantitative estimate of drug-likeness (QED) is 0.811. The molecule has 2 aromatic carbocycles. The van der Waals surface area contributed by atoms with Gasteiger partial charge in [-0.25, -0.2) is 0 Å². The molecule has 100 valence electrons. The number of aryl methyl sites for hydroxylation is 2. The predicted molar refractivity (Wildman–Crippen MR) is 87.5 cm³/mol. The fraction of sp³-hybridized carbons (Fsp3) is 0.250. The first-order chi connectivity index (χ1) is 9.10. The zero-order valence-electron chi connectivity index (χ0n) is 11.2. The number of hydrogen-bond donors (Lipinski definition) is 1. The molecule has 0 radical (unpaired) electrons. The van der Waals surface area contributed by atoms with Crippen LogP contribution in [-0.2, 0) is 12.3 Å². The molecule has 0 heterocycles. The van der Waals surface area contributed by atoms with Crippen molar-refractivity contribution in [2.75, 3.05) is 0 Å². The molecule has 0 spiro atoms. The van der Waals surface area contributed by atoms with Crippen molar-refractivity contribution in [1.29, 1.82) is 0 Å². The Balaban J connectivity index is 2.16. The second-order valence-corrected chi connectivity index (χ2v) is 6.58. The number of rotatable bonds is 4. The van der Waals surface area contributed by atoms with Crippen molar-refractivity contribution in [2.24, 2.45) is 5.73 Å². The van der Waals surface area contributed by atoms with E-state index >= 15 is 0 Å².